The Labute approximate surface area is 107 Å². The zero-order chi connectivity index (χ0) is 13.9. The van der Waals surface area contributed by atoms with Gasteiger partial charge in [0.05, 0.1) is 6.42 Å². The standard InChI is InChI=1S/C15H18O3/c1-9-5-10(2)14(11(3)6-9)7-13(12(4)16)8-15(17)18/h5-7H,8H2,1-4H3,(H,17,18)/b13-7+. The van der Waals surface area contributed by atoms with E-state index in [1.165, 1.54) is 6.92 Å². The summed E-state index contributed by atoms with van der Waals surface area (Å²) in [5.74, 6) is -1.18. The molecule has 3 heteroatoms. The maximum absolute atomic E-state index is 11.4. The van der Waals surface area contributed by atoms with E-state index in [2.05, 4.69) is 0 Å². The molecule has 0 aliphatic heterocycles. The van der Waals surface area contributed by atoms with E-state index in [4.69, 9.17) is 5.11 Å². The van der Waals surface area contributed by atoms with Crippen molar-refractivity contribution < 1.29 is 14.7 Å². The van der Waals surface area contributed by atoms with Crippen molar-refractivity contribution in [2.24, 2.45) is 0 Å². The first-order valence-corrected chi connectivity index (χ1v) is 5.82. The largest absolute Gasteiger partial charge is 0.481 e. The molecular weight excluding hydrogens is 228 g/mol. The summed E-state index contributed by atoms with van der Waals surface area (Å²) in [5, 5.41) is 8.80. The Balaban J connectivity index is 3.28. The molecule has 0 heterocycles. The van der Waals surface area contributed by atoms with E-state index in [1.807, 2.05) is 32.9 Å². The Hall–Kier alpha value is -1.90. The van der Waals surface area contributed by atoms with E-state index < -0.39 is 5.97 Å². The van der Waals surface area contributed by atoms with Gasteiger partial charge in [-0.3, -0.25) is 9.59 Å². The normalized spacial score (nSPS) is 11.4. The molecule has 0 unspecified atom stereocenters. The van der Waals surface area contributed by atoms with Gasteiger partial charge in [-0.15, -0.1) is 0 Å². The molecule has 1 aromatic carbocycles. The second-order valence-corrected chi connectivity index (χ2v) is 4.61. The van der Waals surface area contributed by atoms with Crippen LogP contribution in [0.5, 0.6) is 0 Å². The highest BCUT2D eigenvalue weighted by molar-refractivity contribution is 6.01. The molecule has 0 radical (unpaired) electrons. The summed E-state index contributed by atoms with van der Waals surface area (Å²) < 4.78 is 0. The third-order valence-corrected chi connectivity index (χ3v) is 2.85. The molecule has 3 nitrogen and oxygen atoms in total. The highest BCUT2D eigenvalue weighted by atomic mass is 16.4. The molecular formula is C15H18O3. The van der Waals surface area contributed by atoms with Crippen LogP contribution in [-0.2, 0) is 9.59 Å². The number of Topliss-reactive ketones (excluding diaryl/α,β-unsaturated/α-hetero) is 1. The summed E-state index contributed by atoms with van der Waals surface area (Å²) in [6, 6.07) is 4.05. The third kappa shape index (κ3) is 3.55. The van der Waals surface area contributed by atoms with Crippen molar-refractivity contribution in [2.45, 2.75) is 34.1 Å². The van der Waals surface area contributed by atoms with E-state index >= 15 is 0 Å². The highest BCUT2D eigenvalue weighted by Gasteiger charge is 2.11. The molecule has 0 fully saturated rings. The van der Waals surface area contributed by atoms with Gasteiger partial charge < -0.3 is 5.11 Å². The summed E-state index contributed by atoms with van der Waals surface area (Å²) in [6.07, 6.45) is 1.46. The number of carbonyl (C=O) groups excluding carboxylic acids is 1. The van der Waals surface area contributed by atoms with Crippen LogP contribution in [0.2, 0.25) is 0 Å². The van der Waals surface area contributed by atoms with Crippen molar-refractivity contribution in [1.29, 1.82) is 0 Å². The lowest BCUT2D eigenvalue weighted by atomic mass is 9.96. The molecule has 0 atom stereocenters. The van der Waals surface area contributed by atoms with E-state index in [9.17, 15) is 9.59 Å². The SMILES string of the molecule is CC(=O)/C(=C/c1c(C)cc(C)cc1C)CC(=O)O. The summed E-state index contributed by atoms with van der Waals surface area (Å²) in [6.45, 7) is 7.33. The zero-order valence-electron chi connectivity index (χ0n) is 11.2. The van der Waals surface area contributed by atoms with Crippen molar-refractivity contribution >= 4 is 17.8 Å². The van der Waals surface area contributed by atoms with Gasteiger partial charge in [0.2, 0.25) is 0 Å². The Kier molecular flexibility index (Phi) is 4.43. The Morgan fingerprint density at radius 3 is 2.06 bits per heavy atom. The Morgan fingerprint density at radius 2 is 1.67 bits per heavy atom. The Morgan fingerprint density at radius 1 is 1.17 bits per heavy atom. The molecule has 0 aliphatic carbocycles. The number of hydrogen-bond donors (Lipinski definition) is 1. The molecule has 0 spiro atoms. The van der Waals surface area contributed by atoms with E-state index in [1.54, 1.807) is 6.08 Å². The summed E-state index contributed by atoms with van der Waals surface area (Å²) in [7, 11) is 0. The maximum atomic E-state index is 11.4. The fourth-order valence-corrected chi connectivity index (χ4v) is 2.03. The number of carboxylic acid groups (broad SMARTS) is 1. The van der Waals surface area contributed by atoms with Crippen LogP contribution in [0.4, 0.5) is 0 Å². The van der Waals surface area contributed by atoms with Crippen LogP contribution in [0.1, 0.15) is 35.6 Å². The second kappa shape index (κ2) is 5.63. The lowest BCUT2D eigenvalue weighted by Gasteiger charge is -2.09. The lowest BCUT2D eigenvalue weighted by molar-refractivity contribution is -0.136. The molecule has 1 aromatic rings. The minimum absolute atomic E-state index is 0.197. The molecule has 0 aliphatic rings. The summed E-state index contributed by atoms with van der Waals surface area (Å²) >= 11 is 0. The number of aryl methyl sites for hydroxylation is 3. The van der Waals surface area contributed by atoms with Gasteiger partial charge in [-0.2, -0.15) is 0 Å². The van der Waals surface area contributed by atoms with Crippen LogP contribution in [-0.4, -0.2) is 16.9 Å². The van der Waals surface area contributed by atoms with Crippen LogP contribution >= 0.6 is 0 Å². The van der Waals surface area contributed by atoms with E-state index in [-0.39, 0.29) is 12.2 Å². The maximum Gasteiger partial charge on any atom is 0.307 e. The van der Waals surface area contributed by atoms with Crippen LogP contribution in [0, 0.1) is 20.8 Å². The third-order valence-electron chi connectivity index (χ3n) is 2.85. The molecule has 0 saturated carbocycles. The fourth-order valence-electron chi connectivity index (χ4n) is 2.03. The van der Waals surface area contributed by atoms with Crippen molar-refractivity contribution in [3.63, 3.8) is 0 Å². The van der Waals surface area contributed by atoms with Gasteiger partial charge in [-0.05, 0) is 50.5 Å². The molecule has 0 aromatic heterocycles. The monoisotopic (exact) mass is 246 g/mol. The van der Waals surface area contributed by atoms with Gasteiger partial charge in [0, 0.05) is 5.57 Å². The molecule has 0 bridgehead atoms. The van der Waals surface area contributed by atoms with Gasteiger partial charge >= 0.3 is 5.97 Å². The molecule has 0 amide bonds. The fraction of sp³-hybridized carbons (Fsp3) is 0.333. The number of ketones is 1. The lowest BCUT2D eigenvalue weighted by Crippen LogP contribution is -2.05. The molecule has 18 heavy (non-hydrogen) atoms. The first-order valence-electron chi connectivity index (χ1n) is 5.82. The average molecular weight is 246 g/mol. The molecule has 96 valence electrons. The van der Waals surface area contributed by atoms with Gasteiger partial charge in [-0.1, -0.05) is 17.7 Å². The second-order valence-electron chi connectivity index (χ2n) is 4.61. The van der Waals surface area contributed by atoms with Gasteiger partial charge in [0.25, 0.3) is 0 Å². The van der Waals surface area contributed by atoms with Crippen molar-refractivity contribution in [1.82, 2.24) is 0 Å². The predicted octanol–water partition coefficient (Wildman–Crippen LogP) is 3.06. The van der Waals surface area contributed by atoms with Gasteiger partial charge in [0.15, 0.2) is 5.78 Å². The quantitative estimate of drug-likeness (QED) is 0.831. The Bertz CT molecular complexity index is 502. The van der Waals surface area contributed by atoms with Crippen LogP contribution in [0.25, 0.3) is 6.08 Å². The number of carbonyl (C=O) groups is 2. The number of benzene rings is 1. The smallest absolute Gasteiger partial charge is 0.307 e. The predicted molar refractivity (Wildman–Crippen MR) is 71.6 cm³/mol. The van der Waals surface area contributed by atoms with Crippen molar-refractivity contribution in [3.8, 4) is 0 Å². The average Bonchev–Trinajstić information content (AvgIpc) is 2.20. The minimum Gasteiger partial charge on any atom is -0.481 e. The first-order chi connectivity index (χ1) is 8.31. The van der Waals surface area contributed by atoms with Crippen molar-refractivity contribution in [2.75, 3.05) is 0 Å². The van der Waals surface area contributed by atoms with Gasteiger partial charge in [0.1, 0.15) is 0 Å². The highest BCUT2D eigenvalue weighted by Crippen LogP contribution is 2.20. The summed E-state index contributed by atoms with van der Waals surface area (Å²) in [5.41, 5.74) is 4.53. The van der Waals surface area contributed by atoms with Crippen LogP contribution in [0.15, 0.2) is 17.7 Å². The number of rotatable bonds is 4. The van der Waals surface area contributed by atoms with Crippen LogP contribution in [0.3, 0.4) is 0 Å². The molecule has 1 rings (SSSR count). The molecule has 0 saturated heterocycles. The topological polar surface area (TPSA) is 54.4 Å². The van der Waals surface area contributed by atoms with E-state index in [0.29, 0.717) is 5.57 Å². The van der Waals surface area contributed by atoms with Crippen molar-refractivity contribution in [3.05, 3.63) is 40.0 Å². The van der Waals surface area contributed by atoms with Gasteiger partial charge in [-0.25, -0.2) is 0 Å². The van der Waals surface area contributed by atoms with E-state index in [0.717, 1.165) is 22.3 Å². The number of aliphatic carboxylic acids is 1. The number of carboxylic acids is 1. The minimum atomic E-state index is -0.987. The number of hydrogen-bond acceptors (Lipinski definition) is 2. The first kappa shape index (κ1) is 14.2. The van der Waals surface area contributed by atoms with Crippen LogP contribution < -0.4 is 0 Å². The summed E-state index contributed by atoms with van der Waals surface area (Å²) in [4.78, 5) is 22.2. The zero-order valence-corrected chi connectivity index (χ0v) is 11.2. The molecule has 1 N–H and O–H groups in total.